The third-order valence-corrected chi connectivity index (χ3v) is 4.16. The van der Waals surface area contributed by atoms with Gasteiger partial charge in [-0.1, -0.05) is 39.0 Å². The van der Waals surface area contributed by atoms with E-state index in [0.29, 0.717) is 6.04 Å². The molecule has 0 bridgehead atoms. The van der Waals surface area contributed by atoms with Crippen LogP contribution >= 0.6 is 0 Å². The van der Waals surface area contributed by atoms with Gasteiger partial charge in [-0.3, -0.25) is 0 Å². The van der Waals surface area contributed by atoms with E-state index in [9.17, 15) is 5.11 Å². The molecule has 112 valence electrons. The van der Waals surface area contributed by atoms with Crippen molar-refractivity contribution < 1.29 is 5.11 Å². The first-order chi connectivity index (χ1) is 9.52. The van der Waals surface area contributed by atoms with Gasteiger partial charge in [0.05, 0.1) is 0 Å². The van der Waals surface area contributed by atoms with Crippen molar-refractivity contribution in [3.8, 4) is 0 Å². The van der Waals surface area contributed by atoms with Crippen molar-refractivity contribution in [2.45, 2.75) is 52.6 Å². The fourth-order valence-corrected chi connectivity index (χ4v) is 2.93. The molecule has 1 aliphatic heterocycles. The summed E-state index contributed by atoms with van der Waals surface area (Å²) in [5.41, 5.74) is 4.26. The summed E-state index contributed by atoms with van der Waals surface area (Å²) in [6, 6.07) is 6.90. The van der Waals surface area contributed by atoms with Crippen molar-refractivity contribution in [1.29, 1.82) is 0 Å². The molecule has 1 aliphatic rings. The molecule has 1 atom stereocenters. The number of para-hydroxylation sites is 1. The van der Waals surface area contributed by atoms with Gasteiger partial charge in [-0.05, 0) is 35.8 Å². The van der Waals surface area contributed by atoms with Gasteiger partial charge in [-0.15, -0.1) is 0 Å². The van der Waals surface area contributed by atoms with Crippen LogP contribution in [0.4, 0.5) is 5.69 Å². The highest BCUT2D eigenvalue weighted by molar-refractivity contribution is 5.59. The number of aliphatic hydroxyl groups is 1. The number of aryl methyl sites for hydroxylation is 1. The van der Waals surface area contributed by atoms with E-state index in [1.54, 1.807) is 0 Å². The Balaban J connectivity index is 2.06. The summed E-state index contributed by atoms with van der Waals surface area (Å²) in [5.74, 6) is 0. The second-order valence-corrected chi connectivity index (χ2v) is 6.79. The molecule has 20 heavy (non-hydrogen) atoms. The Bertz CT molecular complexity index is 437. The summed E-state index contributed by atoms with van der Waals surface area (Å²) in [6.45, 7) is 8.83. The highest BCUT2D eigenvalue weighted by atomic mass is 16.3. The molecular formula is C17H28N2O. The topological polar surface area (TPSA) is 44.3 Å². The van der Waals surface area contributed by atoms with Gasteiger partial charge in [0.2, 0.25) is 0 Å². The van der Waals surface area contributed by atoms with Crippen LogP contribution in [0.2, 0.25) is 0 Å². The van der Waals surface area contributed by atoms with Crippen LogP contribution in [0.25, 0.3) is 0 Å². The van der Waals surface area contributed by atoms with Crippen molar-refractivity contribution in [3.05, 3.63) is 29.3 Å². The van der Waals surface area contributed by atoms with Crippen LogP contribution in [0.15, 0.2) is 18.2 Å². The first-order valence-electron chi connectivity index (χ1n) is 7.71. The molecule has 0 fully saturated rings. The standard InChI is InChI=1S/C17H28N2O/c1-17(2,3)15(9-11-20)19-12-14-7-4-6-13-8-5-10-18-16(13)14/h4,6-7,15,18-20H,5,8-12H2,1-3H3. The molecule has 0 spiro atoms. The second-order valence-electron chi connectivity index (χ2n) is 6.79. The molecule has 0 saturated heterocycles. The molecule has 1 aromatic rings. The summed E-state index contributed by atoms with van der Waals surface area (Å²) < 4.78 is 0. The SMILES string of the molecule is CC(C)(C)C(CCO)NCc1cccc2c1NCCC2. The maximum atomic E-state index is 9.24. The first-order valence-corrected chi connectivity index (χ1v) is 7.71. The fourth-order valence-electron chi connectivity index (χ4n) is 2.93. The van der Waals surface area contributed by atoms with Gasteiger partial charge in [0, 0.05) is 31.4 Å². The zero-order valence-electron chi connectivity index (χ0n) is 13.0. The van der Waals surface area contributed by atoms with Gasteiger partial charge in [0.25, 0.3) is 0 Å². The predicted octanol–water partition coefficient (Wildman–Crippen LogP) is 2.93. The Morgan fingerprint density at radius 3 is 2.85 bits per heavy atom. The molecule has 3 nitrogen and oxygen atoms in total. The molecule has 1 heterocycles. The predicted molar refractivity (Wildman–Crippen MR) is 85.0 cm³/mol. The van der Waals surface area contributed by atoms with Crippen molar-refractivity contribution in [2.75, 3.05) is 18.5 Å². The lowest BCUT2D eigenvalue weighted by Gasteiger charge is -2.32. The van der Waals surface area contributed by atoms with Crippen molar-refractivity contribution >= 4 is 5.69 Å². The van der Waals surface area contributed by atoms with E-state index in [4.69, 9.17) is 0 Å². The highest BCUT2D eigenvalue weighted by Gasteiger charge is 2.24. The number of benzene rings is 1. The van der Waals surface area contributed by atoms with Gasteiger partial charge in [-0.2, -0.15) is 0 Å². The molecule has 0 radical (unpaired) electrons. The Hall–Kier alpha value is -1.06. The fraction of sp³-hybridized carbons (Fsp3) is 0.647. The number of rotatable bonds is 5. The number of hydrogen-bond acceptors (Lipinski definition) is 3. The molecule has 0 aliphatic carbocycles. The maximum Gasteiger partial charge on any atom is 0.0446 e. The lowest BCUT2D eigenvalue weighted by Crippen LogP contribution is -2.40. The lowest BCUT2D eigenvalue weighted by molar-refractivity contribution is 0.196. The zero-order valence-corrected chi connectivity index (χ0v) is 13.0. The minimum Gasteiger partial charge on any atom is -0.396 e. The number of hydrogen-bond donors (Lipinski definition) is 3. The average molecular weight is 276 g/mol. The Kier molecular flexibility index (Phi) is 5.06. The lowest BCUT2D eigenvalue weighted by atomic mass is 9.84. The highest BCUT2D eigenvalue weighted by Crippen LogP contribution is 2.27. The van der Waals surface area contributed by atoms with Crippen LogP contribution in [0.3, 0.4) is 0 Å². The van der Waals surface area contributed by atoms with E-state index in [-0.39, 0.29) is 12.0 Å². The van der Waals surface area contributed by atoms with E-state index in [2.05, 4.69) is 49.6 Å². The number of fused-ring (bicyclic) bond motifs is 1. The molecule has 0 saturated carbocycles. The van der Waals surface area contributed by atoms with Crippen LogP contribution in [0.5, 0.6) is 0 Å². The van der Waals surface area contributed by atoms with E-state index in [1.807, 2.05) is 0 Å². The zero-order chi connectivity index (χ0) is 14.6. The van der Waals surface area contributed by atoms with Gasteiger partial charge in [0.15, 0.2) is 0 Å². The monoisotopic (exact) mass is 276 g/mol. The smallest absolute Gasteiger partial charge is 0.0446 e. The van der Waals surface area contributed by atoms with E-state index < -0.39 is 0 Å². The molecule has 1 aromatic carbocycles. The number of anilines is 1. The minimum atomic E-state index is 0.158. The summed E-state index contributed by atoms with van der Waals surface area (Å²) in [6.07, 6.45) is 3.19. The van der Waals surface area contributed by atoms with E-state index >= 15 is 0 Å². The molecule has 1 unspecified atom stereocenters. The summed E-state index contributed by atoms with van der Waals surface area (Å²) in [4.78, 5) is 0. The van der Waals surface area contributed by atoms with E-state index in [1.165, 1.54) is 29.7 Å². The van der Waals surface area contributed by atoms with Crippen molar-refractivity contribution in [1.82, 2.24) is 5.32 Å². The number of nitrogens with one attached hydrogen (secondary N) is 2. The Morgan fingerprint density at radius 2 is 2.15 bits per heavy atom. The van der Waals surface area contributed by atoms with Crippen LogP contribution in [-0.2, 0) is 13.0 Å². The van der Waals surface area contributed by atoms with Crippen molar-refractivity contribution in [3.63, 3.8) is 0 Å². The average Bonchev–Trinajstić information content (AvgIpc) is 2.42. The number of aliphatic hydroxyl groups excluding tert-OH is 1. The van der Waals surface area contributed by atoms with Gasteiger partial charge < -0.3 is 15.7 Å². The molecular weight excluding hydrogens is 248 g/mol. The van der Waals surface area contributed by atoms with Crippen molar-refractivity contribution in [2.24, 2.45) is 5.41 Å². The molecule has 0 aromatic heterocycles. The van der Waals surface area contributed by atoms with Crippen LogP contribution in [-0.4, -0.2) is 24.3 Å². The summed E-state index contributed by atoms with van der Waals surface area (Å²) >= 11 is 0. The maximum absolute atomic E-state index is 9.24. The van der Waals surface area contributed by atoms with Gasteiger partial charge >= 0.3 is 0 Å². The Labute approximate surface area is 122 Å². The summed E-state index contributed by atoms with van der Waals surface area (Å²) in [7, 11) is 0. The molecule has 0 amide bonds. The quantitative estimate of drug-likeness (QED) is 0.775. The van der Waals surface area contributed by atoms with E-state index in [0.717, 1.165) is 19.5 Å². The van der Waals surface area contributed by atoms with Crippen LogP contribution in [0.1, 0.15) is 44.7 Å². The van der Waals surface area contributed by atoms with Gasteiger partial charge in [-0.25, -0.2) is 0 Å². The molecule has 3 N–H and O–H groups in total. The summed E-state index contributed by atoms with van der Waals surface area (Å²) in [5, 5.41) is 16.4. The Morgan fingerprint density at radius 1 is 1.35 bits per heavy atom. The third-order valence-electron chi connectivity index (χ3n) is 4.16. The third kappa shape index (κ3) is 3.74. The molecule has 2 rings (SSSR count). The largest absolute Gasteiger partial charge is 0.396 e. The normalized spacial score (nSPS) is 16.4. The van der Waals surface area contributed by atoms with Crippen LogP contribution < -0.4 is 10.6 Å². The first kappa shape index (κ1) is 15.3. The second kappa shape index (κ2) is 6.59. The minimum absolute atomic E-state index is 0.158. The van der Waals surface area contributed by atoms with Gasteiger partial charge in [0.1, 0.15) is 0 Å². The molecule has 3 heteroatoms. The van der Waals surface area contributed by atoms with Crippen LogP contribution in [0, 0.1) is 5.41 Å².